The number of hydrogen-bond donors (Lipinski definition) is 2. The van der Waals surface area contributed by atoms with Crippen LogP contribution in [0.1, 0.15) is 23.6 Å². The van der Waals surface area contributed by atoms with E-state index in [9.17, 15) is 4.79 Å². The second kappa shape index (κ2) is 5.18. The summed E-state index contributed by atoms with van der Waals surface area (Å²) in [5, 5.41) is 9.08. The lowest BCUT2D eigenvalue weighted by molar-refractivity contribution is -0.137. The highest BCUT2D eigenvalue weighted by Crippen LogP contribution is 2.34. The number of methoxy groups -OCH3 is 1. The van der Waals surface area contributed by atoms with Crippen molar-refractivity contribution >= 4 is 17.6 Å². The molecule has 0 amide bonds. The van der Waals surface area contributed by atoms with Crippen molar-refractivity contribution in [1.29, 1.82) is 0 Å². The van der Waals surface area contributed by atoms with E-state index in [-0.39, 0.29) is 6.42 Å². The van der Waals surface area contributed by atoms with Crippen LogP contribution in [-0.2, 0) is 4.79 Å². The molecule has 3 N–H and O–H groups in total. The first-order valence-corrected chi connectivity index (χ1v) is 5.15. The quantitative estimate of drug-likeness (QED) is 0.850. The van der Waals surface area contributed by atoms with Gasteiger partial charge in [-0.3, -0.25) is 4.79 Å². The molecule has 1 aromatic rings. The molecule has 0 spiro atoms. The number of carbonyl (C=O) groups is 1. The molecule has 1 atom stereocenters. The van der Waals surface area contributed by atoms with Gasteiger partial charge in [0.25, 0.3) is 0 Å². The minimum absolute atomic E-state index is 0.159. The van der Waals surface area contributed by atoms with Crippen LogP contribution in [0.3, 0.4) is 0 Å². The lowest BCUT2D eigenvalue weighted by Crippen LogP contribution is -2.16. The summed E-state index contributed by atoms with van der Waals surface area (Å²) in [6.07, 6.45) is -0.159. The first-order valence-electron chi connectivity index (χ1n) is 4.77. The van der Waals surface area contributed by atoms with Gasteiger partial charge in [-0.2, -0.15) is 0 Å². The molecule has 1 unspecified atom stereocenters. The Morgan fingerprint density at radius 1 is 1.62 bits per heavy atom. The monoisotopic (exact) mass is 243 g/mol. The van der Waals surface area contributed by atoms with E-state index < -0.39 is 12.0 Å². The maximum absolute atomic E-state index is 10.6. The zero-order valence-electron chi connectivity index (χ0n) is 9.16. The Hall–Kier alpha value is -1.26. The topological polar surface area (TPSA) is 72.5 Å². The molecule has 5 heteroatoms. The van der Waals surface area contributed by atoms with Gasteiger partial charge in [-0.15, -0.1) is 0 Å². The number of aryl methyl sites for hydroxylation is 1. The number of halogens is 1. The second-order valence-electron chi connectivity index (χ2n) is 3.52. The Morgan fingerprint density at radius 2 is 2.25 bits per heavy atom. The molecule has 1 aromatic carbocycles. The highest BCUT2D eigenvalue weighted by atomic mass is 35.5. The van der Waals surface area contributed by atoms with Crippen molar-refractivity contribution in [3.63, 3.8) is 0 Å². The predicted molar refractivity (Wildman–Crippen MR) is 61.9 cm³/mol. The largest absolute Gasteiger partial charge is 0.495 e. The van der Waals surface area contributed by atoms with Crippen molar-refractivity contribution < 1.29 is 14.6 Å². The number of rotatable bonds is 4. The minimum atomic E-state index is -0.953. The highest BCUT2D eigenvalue weighted by molar-refractivity contribution is 6.33. The summed E-state index contributed by atoms with van der Waals surface area (Å²) >= 11 is 6.09. The van der Waals surface area contributed by atoms with Crippen molar-refractivity contribution in [2.75, 3.05) is 7.11 Å². The van der Waals surface area contributed by atoms with Gasteiger partial charge in [-0.25, -0.2) is 0 Å². The SMILES string of the molecule is COc1ccc(C)c(C(N)CC(=O)O)c1Cl. The summed E-state index contributed by atoms with van der Waals surface area (Å²) in [4.78, 5) is 10.6. The molecule has 0 aliphatic heterocycles. The highest BCUT2D eigenvalue weighted by Gasteiger charge is 2.18. The van der Waals surface area contributed by atoms with Crippen LogP contribution in [-0.4, -0.2) is 18.2 Å². The fourth-order valence-corrected chi connectivity index (χ4v) is 2.00. The normalized spacial score (nSPS) is 12.2. The first-order chi connectivity index (χ1) is 7.47. The first kappa shape index (κ1) is 12.8. The van der Waals surface area contributed by atoms with E-state index in [1.54, 1.807) is 6.07 Å². The van der Waals surface area contributed by atoms with Crippen molar-refractivity contribution in [3.05, 3.63) is 28.3 Å². The van der Waals surface area contributed by atoms with Gasteiger partial charge in [0.15, 0.2) is 0 Å². The summed E-state index contributed by atoms with van der Waals surface area (Å²) in [6.45, 7) is 1.84. The Bertz CT molecular complexity index is 406. The number of carboxylic acid groups (broad SMARTS) is 1. The Balaban J connectivity index is 3.15. The van der Waals surface area contributed by atoms with Gasteiger partial charge in [-0.05, 0) is 24.1 Å². The van der Waals surface area contributed by atoms with Gasteiger partial charge in [0.2, 0.25) is 0 Å². The zero-order chi connectivity index (χ0) is 12.3. The molecule has 0 radical (unpaired) electrons. The zero-order valence-corrected chi connectivity index (χ0v) is 9.91. The third kappa shape index (κ3) is 2.65. The number of aliphatic carboxylic acids is 1. The van der Waals surface area contributed by atoms with Crippen molar-refractivity contribution in [2.24, 2.45) is 5.73 Å². The van der Waals surface area contributed by atoms with Gasteiger partial charge in [0.05, 0.1) is 18.6 Å². The average molecular weight is 244 g/mol. The fraction of sp³-hybridized carbons (Fsp3) is 0.364. The van der Waals surface area contributed by atoms with Crippen LogP contribution in [0.15, 0.2) is 12.1 Å². The second-order valence-corrected chi connectivity index (χ2v) is 3.89. The van der Waals surface area contributed by atoms with Crippen LogP contribution in [0.25, 0.3) is 0 Å². The van der Waals surface area contributed by atoms with Gasteiger partial charge in [0.1, 0.15) is 5.75 Å². The maximum Gasteiger partial charge on any atom is 0.305 e. The van der Waals surface area contributed by atoms with E-state index in [1.165, 1.54) is 7.11 Å². The van der Waals surface area contributed by atoms with Gasteiger partial charge in [-0.1, -0.05) is 17.7 Å². The summed E-state index contributed by atoms with van der Waals surface area (Å²) in [6, 6.07) is 2.91. The number of nitrogens with two attached hydrogens (primary N) is 1. The Labute approximate surface area is 99.0 Å². The third-order valence-electron chi connectivity index (χ3n) is 2.35. The minimum Gasteiger partial charge on any atom is -0.495 e. The smallest absolute Gasteiger partial charge is 0.305 e. The van der Waals surface area contributed by atoms with Crippen LogP contribution in [0, 0.1) is 6.92 Å². The van der Waals surface area contributed by atoms with E-state index in [4.69, 9.17) is 27.2 Å². The van der Waals surface area contributed by atoms with E-state index in [0.29, 0.717) is 16.3 Å². The molecular weight excluding hydrogens is 230 g/mol. The fourth-order valence-electron chi connectivity index (χ4n) is 1.57. The van der Waals surface area contributed by atoms with E-state index in [0.717, 1.165) is 5.56 Å². The van der Waals surface area contributed by atoms with Gasteiger partial charge in [0, 0.05) is 6.04 Å². The summed E-state index contributed by atoms with van der Waals surface area (Å²) in [5.74, 6) is -0.450. The summed E-state index contributed by atoms with van der Waals surface area (Å²) in [5.41, 5.74) is 7.29. The Kier molecular flexibility index (Phi) is 4.15. The van der Waals surface area contributed by atoms with Crippen molar-refractivity contribution in [1.82, 2.24) is 0 Å². The lowest BCUT2D eigenvalue weighted by Gasteiger charge is -2.16. The van der Waals surface area contributed by atoms with Crippen LogP contribution in [0.4, 0.5) is 0 Å². The molecule has 0 saturated carbocycles. The molecular formula is C11H14ClNO3. The molecule has 0 aliphatic rings. The molecule has 16 heavy (non-hydrogen) atoms. The van der Waals surface area contributed by atoms with Crippen LogP contribution >= 0.6 is 11.6 Å². The average Bonchev–Trinajstić information content (AvgIpc) is 2.16. The number of hydrogen-bond acceptors (Lipinski definition) is 3. The molecule has 0 aromatic heterocycles. The van der Waals surface area contributed by atoms with Gasteiger partial charge >= 0.3 is 5.97 Å². The number of carboxylic acids is 1. The standard InChI is InChI=1S/C11H14ClNO3/c1-6-3-4-8(16-2)11(12)10(6)7(13)5-9(14)15/h3-4,7H,5,13H2,1-2H3,(H,14,15). The summed E-state index contributed by atoms with van der Waals surface area (Å²) in [7, 11) is 1.50. The molecule has 0 bridgehead atoms. The number of ether oxygens (including phenoxy) is 1. The molecule has 0 heterocycles. The molecule has 1 rings (SSSR count). The van der Waals surface area contributed by atoms with E-state index in [2.05, 4.69) is 0 Å². The number of benzene rings is 1. The molecule has 0 aliphatic carbocycles. The van der Waals surface area contributed by atoms with Crippen LogP contribution < -0.4 is 10.5 Å². The molecule has 0 fully saturated rings. The van der Waals surface area contributed by atoms with Crippen LogP contribution in [0.5, 0.6) is 5.75 Å². The van der Waals surface area contributed by atoms with Crippen molar-refractivity contribution in [2.45, 2.75) is 19.4 Å². The molecule has 4 nitrogen and oxygen atoms in total. The van der Waals surface area contributed by atoms with E-state index in [1.807, 2.05) is 13.0 Å². The Morgan fingerprint density at radius 3 is 2.75 bits per heavy atom. The predicted octanol–water partition coefficient (Wildman–Crippen LogP) is 2.13. The maximum atomic E-state index is 10.6. The lowest BCUT2D eigenvalue weighted by atomic mass is 9.99. The van der Waals surface area contributed by atoms with Crippen LogP contribution in [0.2, 0.25) is 5.02 Å². The summed E-state index contributed by atoms with van der Waals surface area (Å²) < 4.78 is 5.06. The van der Waals surface area contributed by atoms with Gasteiger partial charge < -0.3 is 15.6 Å². The van der Waals surface area contributed by atoms with E-state index >= 15 is 0 Å². The molecule has 0 saturated heterocycles. The third-order valence-corrected chi connectivity index (χ3v) is 2.74. The molecule has 88 valence electrons. The van der Waals surface area contributed by atoms with Crippen molar-refractivity contribution in [3.8, 4) is 5.75 Å².